The molecule has 0 heterocycles. The minimum atomic E-state index is -5.54. The van der Waals surface area contributed by atoms with Crippen LogP contribution in [0, 0.1) is 5.92 Å². The minimum Gasteiger partial charge on any atom is -0.462 e. The van der Waals surface area contributed by atoms with Gasteiger partial charge in [-0.2, -0.15) is 0 Å². The van der Waals surface area contributed by atoms with E-state index in [1.807, 2.05) is 54.6 Å². The van der Waals surface area contributed by atoms with E-state index in [0.717, 1.165) is 51.4 Å². The average Bonchev–Trinajstić information content (AvgIpc) is 0.752. The van der Waals surface area contributed by atoms with Crippen molar-refractivity contribution in [3.63, 3.8) is 0 Å². The van der Waals surface area contributed by atoms with Crippen molar-refractivity contribution in [2.45, 2.75) is 270 Å². The molecule has 0 spiro atoms. The van der Waals surface area contributed by atoms with Crippen LogP contribution in [0.4, 0.5) is 0 Å². The van der Waals surface area contributed by atoms with E-state index >= 15 is 13.7 Å². The van der Waals surface area contributed by atoms with Crippen molar-refractivity contribution in [2.24, 2.45) is 5.92 Å². The Balaban J connectivity index is 1.19. The van der Waals surface area contributed by atoms with Crippen LogP contribution >= 0.6 is 23.5 Å². The van der Waals surface area contributed by atoms with Crippen LogP contribution in [0.1, 0.15) is 227 Å². The second-order valence-electron chi connectivity index (χ2n) is 27.6. The van der Waals surface area contributed by atoms with E-state index in [9.17, 15) is 19.6 Å². The molecule has 6 aromatic carbocycles. The second kappa shape index (κ2) is 51.8. The van der Waals surface area contributed by atoms with Crippen molar-refractivity contribution in [3.05, 3.63) is 215 Å². The first-order chi connectivity index (χ1) is 51.7. The number of rotatable bonds is 59. The highest BCUT2D eigenvalue weighted by Crippen LogP contribution is 2.60. The Labute approximate surface area is 631 Å². The number of aliphatic hydroxyl groups is 1. The van der Waals surface area contributed by atoms with Gasteiger partial charge in [-0.15, -0.1) is 0 Å². The third-order valence-corrected chi connectivity index (χ3v) is 22.4. The molecule has 7 rings (SSSR count). The van der Waals surface area contributed by atoms with E-state index in [0.29, 0.717) is 46.2 Å². The molecule has 7 unspecified atom stereocenters. The first kappa shape index (κ1) is 87.7. The third-order valence-electron chi connectivity index (χ3n) is 18.7. The highest BCUT2D eigenvalue weighted by molar-refractivity contribution is 7.49. The summed E-state index contributed by atoms with van der Waals surface area (Å²) < 4.78 is 123. The Morgan fingerprint density at radius 2 is 0.679 bits per heavy atom. The number of unbranched alkanes of at least 4 members (excludes halogenated alkanes) is 24. The summed E-state index contributed by atoms with van der Waals surface area (Å²) in [5.74, 6) is -2.74. The highest BCUT2D eigenvalue weighted by atomic mass is 31.2. The summed E-state index contributed by atoms with van der Waals surface area (Å²) >= 11 is 0. The summed E-state index contributed by atoms with van der Waals surface area (Å²) in [6.45, 7) is 1.02. The van der Waals surface area contributed by atoms with Gasteiger partial charge in [0.1, 0.15) is 37.1 Å². The van der Waals surface area contributed by atoms with Crippen LogP contribution in [0.3, 0.4) is 0 Å². The molecule has 1 saturated carbocycles. The van der Waals surface area contributed by atoms with Crippen molar-refractivity contribution in [2.75, 3.05) is 19.8 Å². The summed E-state index contributed by atoms with van der Waals surface area (Å²) in [5.41, 5.74) is 3.64. The van der Waals surface area contributed by atoms with Gasteiger partial charge in [-0.25, -0.2) is 13.7 Å². The number of aliphatic hydroxyl groups excluding tert-OH is 1. The number of ether oxygens (including phenoxy) is 4. The fraction of sp³-hybridized carbons (Fsp3) is 0.548. The van der Waals surface area contributed by atoms with Crippen molar-refractivity contribution < 1.29 is 88.4 Å². The molecular formula is C84H119O19P3. The van der Waals surface area contributed by atoms with Gasteiger partial charge in [0.05, 0.1) is 52.9 Å². The number of phosphoric acid groups is 3. The lowest BCUT2D eigenvalue weighted by Gasteiger charge is -2.48. The molecule has 0 bridgehead atoms. The molecule has 19 nitrogen and oxygen atoms in total. The molecule has 6 aromatic rings. The van der Waals surface area contributed by atoms with Crippen LogP contribution in [-0.4, -0.2) is 78.4 Å². The molecule has 0 saturated heterocycles. The maximum absolute atomic E-state index is 16.0. The number of esters is 2. The lowest BCUT2D eigenvalue weighted by atomic mass is 9.78. The van der Waals surface area contributed by atoms with Crippen LogP contribution in [0.2, 0.25) is 0 Å². The molecule has 584 valence electrons. The summed E-state index contributed by atoms with van der Waals surface area (Å²) in [6, 6.07) is 53.5. The molecule has 0 aliphatic heterocycles. The lowest BCUT2D eigenvalue weighted by Crippen LogP contribution is -2.64. The Morgan fingerprint density at radius 1 is 0.358 bits per heavy atom. The monoisotopic (exact) mass is 1520 g/mol. The molecular weight excluding hydrogens is 1410 g/mol. The molecule has 1 aliphatic carbocycles. The molecule has 2 N–H and O–H groups in total. The van der Waals surface area contributed by atoms with Crippen LogP contribution in [-0.2, 0) is 118 Å². The fourth-order valence-electron chi connectivity index (χ4n) is 12.6. The van der Waals surface area contributed by atoms with Crippen LogP contribution < -0.4 is 0 Å². The number of benzene rings is 6. The Bertz CT molecular complexity index is 3300. The quantitative estimate of drug-likeness (QED) is 0.0205. The smallest absolute Gasteiger partial charge is 0.462 e. The van der Waals surface area contributed by atoms with Gasteiger partial charge in [0, 0.05) is 18.8 Å². The largest absolute Gasteiger partial charge is 0.475 e. The highest BCUT2D eigenvalue weighted by Gasteiger charge is 2.59. The SMILES string of the molecule is CCCCCCCCCCCCCCCC(=O)OC[C@@H](COP(=O)(O)OC1C(O)C(OCc2ccccc2)C(OP(=O)(OCc2ccccc2)OCc2ccccc2)C(OP(=O)(OCc2ccccc2)OCc2ccccc2)C1COCc1ccccc1)OC(=O)CCCCCCCCCCCCCCC. The van der Waals surface area contributed by atoms with Crippen LogP contribution in [0.15, 0.2) is 182 Å². The van der Waals surface area contributed by atoms with Gasteiger partial charge in [0.15, 0.2) is 6.10 Å². The van der Waals surface area contributed by atoms with Crippen molar-refractivity contribution in [3.8, 4) is 0 Å². The van der Waals surface area contributed by atoms with E-state index in [4.69, 9.17) is 55.1 Å². The van der Waals surface area contributed by atoms with E-state index in [2.05, 4.69) is 13.8 Å². The van der Waals surface area contributed by atoms with Gasteiger partial charge < -0.3 is 28.9 Å². The maximum atomic E-state index is 16.0. The minimum absolute atomic E-state index is 0.0396. The Hall–Kier alpha value is -5.53. The number of hydrogen-bond donors (Lipinski definition) is 2. The number of phosphoric ester groups is 3. The van der Waals surface area contributed by atoms with Crippen LogP contribution in [0.5, 0.6) is 0 Å². The predicted octanol–water partition coefficient (Wildman–Crippen LogP) is 21.6. The van der Waals surface area contributed by atoms with Crippen molar-refractivity contribution in [1.29, 1.82) is 0 Å². The summed E-state index contributed by atoms with van der Waals surface area (Å²) in [6.07, 6.45) is 18.4. The van der Waals surface area contributed by atoms with Gasteiger partial charge in [-0.3, -0.25) is 45.8 Å². The molecule has 1 fully saturated rings. The molecule has 0 aromatic heterocycles. The lowest BCUT2D eigenvalue weighted by molar-refractivity contribution is -0.222. The van der Waals surface area contributed by atoms with Gasteiger partial charge in [0.2, 0.25) is 0 Å². The van der Waals surface area contributed by atoms with Gasteiger partial charge in [-0.1, -0.05) is 350 Å². The Morgan fingerprint density at radius 3 is 1.05 bits per heavy atom. The fourth-order valence-corrected chi connectivity index (χ4v) is 16.4. The van der Waals surface area contributed by atoms with Gasteiger partial charge >= 0.3 is 35.4 Å². The molecule has 8 atom stereocenters. The number of carbonyl (C=O) groups is 2. The van der Waals surface area contributed by atoms with Crippen molar-refractivity contribution in [1.82, 2.24) is 0 Å². The molecule has 1 aliphatic rings. The Kier molecular flexibility index (Phi) is 42.8. The topological polar surface area (TPSA) is 237 Å². The molecule has 106 heavy (non-hydrogen) atoms. The zero-order valence-electron chi connectivity index (χ0n) is 62.7. The van der Waals surface area contributed by atoms with E-state index in [1.165, 1.54) is 103 Å². The molecule has 0 amide bonds. The summed E-state index contributed by atoms with van der Waals surface area (Å²) in [4.78, 5) is 39.4. The number of hydrogen-bond acceptors (Lipinski definition) is 18. The first-order valence-corrected chi connectivity index (χ1v) is 43.4. The third kappa shape index (κ3) is 35.9. The standard InChI is InChI=1S/C84H119O19P3/c1-3-5-7-9-11-13-15-17-19-21-23-25-45-59-78(85)93-67-76(100-79(86)60-46-26-24-22-20-18-16-14-12-10-8-6-4-2)68-95-104(88,89)101-81-77(69-92-61-70-47-33-27-34-48-70)82(102-105(90,96-63-72-51-37-29-38-52-72)97-64-73-53-39-30-40-54-73)84(83(80(81)87)94-62-71-49-35-28-36-50-71)103-106(91,98-65-74-55-41-31-42-56-74)99-66-75-57-43-32-44-58-75/h27-44,47-58,76-77,80-84,87H,3-26,45-46,59-69H2,1-2H3,(H,88,89)/t76-,77?,80?,81?,82?,83?,84?/m0/s1. The summed E-state index contributed by atoms with van der Waals surface area (Å²) in [7, 11) is -15.6. The van der Waals surface area contributed by atoms with E-state index in [1.54, 1.807) is 127 Å². The molecule has 22 heteroatoms. The van der Waals surface area contributed by atoms with E-state index < -0.39 is 97.8 Å². The normalized spacial score (nSPS) is 17.7. The van der Waals surface area contributed by atoms with Crippen molar-refractivity contribution >= 4 is 35.4 Å². The van der Waals surface area contributed by atoms with Crippen LogP contribution in [0.25, 0.3) is 0 Å². The van der Waals surface area contributed by atoms with Gasteiger partial charge in [0.25, 0.3) is 0 Å². The maximum Gasteiger partial charge on any atom is 0.475 e. The number of carbonyl (C=O) groups excluding carboxylic acids is 2. The predicted molar refractivity (Wildman–Crippen MR) is 413 cm³/mol. The summed E-state index contributed by atoms with van der Waals surface area (Å²) in [5, 5.41) is 13.3. The zero-order valence-corrected chi connectivity index (χ0v) is 65.4. The first-order valence-electron chi connectivity index (χ1n) is 39.0. The zero-order chi connectivity index (χ0) is 75.0. The van der Waals surface area contributed by atoms with E-state index in [-0.39, 0.29) is 52.5 Å². The van der Waals surface area contributed by atoms with Gasteiger partial charge in [-0.05, 0) is 46.2 Å². The molecule has 0 radical (unpaired) electrons. The second-order valence-corrected chi connectivity index (χ2v) is 32.3. The average molecular weight is 1530 g/mol.